The molecule has 2 rings (SSSR count). The summed E-state index contributed by atoms with van der Waals surface area (Å²) in [5, 5.41) is 14.1. The van der Waals surface area contributed by atoms with Crippen LogP contribution in [0.5, 0.6) is 0 Å². The van der Waals surface area contributed by atoms with E-state index in [1.807, 2.05) is 0 Å². The van der Waals surface area contributed by atoms with Gasteiger partial charge < -0.3 is 5.32 Å². The van der Waals surface area contributed by atoms with E-state index in [4.69, 9.17) is 0 Å². The molecule has 0 radical (unpaired) electrons. The highest BCUT2D eigenvalue weighted by molar-refractivity contribution is 5.35. The topological polar surface area (TPSA) is 55.2 Å². The highest BCUT2D eigenvalue weighted by Gasteiger charge is 2.20. The van der Waals surface area contributed by atoms with Crippen LogP contribution in [0.2, 0.25) is 0 Å². The van der Waals surface area contributed by atoms with E-state index >= 15 is 0 Å². The monoisotopic (exact) mass is 294 g/mol. The fraction of sp³-hybridized carbons (Fsp3) is 0.625. The van der Waals surface area contributed by atoms with E-state index in [0.717, 1.165) is 24.8 Å². The molecule has 116 valence electrons. The Kier molecular flexibility index (Phi) is 5.67. The van der Waals surface area contributed by atoms with Crippen molar-refractivity contribution in [3.05, 3.63) is 39.7 Å². The van der Waals surface area contributed by atoms with Crippen molar-refractivity contribution in [2.75, 3.05) is 0 Å². The number of hydrogen-bond donors (Lipinski definition) is 1. The summed E-state index contributed by atoms with van der Waals surface area (Å²) in [7, 11) is 0. The lowest BCUT2D eigenvalue weighted by Gasteiger charge is -2.29. The molecule has 0 aromatic heterocycles. The molecule has 0 heterocycles. The van der Waals surface area contributed by atoms with Crippen molar-refractivity contribution in [1.29, 1.82) is 0 Å². The molecule has 1 aliphatic carbocycles. The van der Waals surface area contributed by atoms with Gasteiger partial charge in [-0.2, -0.15) is 0 Å². The fourth-order valence-corrected chi connectivity index (χ4v) is 3.17. The van der Waals surface area contributed by atoms with E-state index in [0.29, 0.717) is 18.2 Å². The summed E-state index contributed by atoms with van der Waals surface area (Å²) in [6.45, 7) is 2.71. The van der Waals surface area contributed by atoms with Crippen LogP contribution >= 0.6 is 0 Å². The lowest BCUT2D eigenvalue weighted by atomic mass is 9.83. The maximum absolute atomic E-state index is 13.4. The molecule has 1 aliphatic rings. The summed E-state index contributed by atoms with van der Waals surface area (Å²) in [5.74, 6) is 0.302. The minimum absolute atomic E-state index is 0.182. The number of nitro groups is 1. The molecule has 5 heteroatoms. The molecule has 0 unspecified atom stereocenters. The van der Waals surface area contributed by atoms with E-state index in [1.54, 1.807) is 0 Å². The third-order valence-electron chi connectivity index (χ3n) is 4.29. The third kappa shape index (κ3) is 4.77. The first-order chi connectivity index (χ1) is 10.1. The van der Waals surface area contributed by atoms with Gasteiger partial charge >= 0.3 is 0 Å². The Morgan fingerprint density at radius 3 is 2.62 bits per heavy atom. The third-order valence-corrected chi connectivity index (χ3v) is 4.29. The molecule has 1 N–H and O–H groups in total. The maximum atomic E-state index is 13.4. The zero-order valence-corrected chi connectivity index (χ0v) is 12.5. The van der Waals surface area contributed by atoms with Gasteiger partial charge in [0, 0.05) is 18.7 Å². The summed E-state index contributed by atoms with van der Waals surface area (Å²) >= 11 is 0. The Morgan fingerprint density at radius 1 is 1.29 bits per heavy atom. The molecular weight excluding hydrogens is 271 g/mol. The molecule has 0 saturated heterocycles. The summed E-state index contributed by atoms with van der Waals surface area (Å²) in [4.78, 5) is 10.2. The summed E-state index contributed by atoms with van der Waals surface area (Å²) in [6.07, 6.45) is 7.33. The number of halogens is 1. The van der Waals surface area contributed by atoms with Crippen LogP contribution in [0, 0.1) is 21.8 Å². The molecule has 1 fully saturated rings. The first-order valence-electron chi connectivity index (χ1n) is 7.75. The van der Waals surface area contributed by atoms with Crippen LogP contribution in [0.25, 0.3) is 0 Å². The predicted octanol–water partition coefficient (Wildman–Crippen LogP) is 4.18. The van der Waals surface area contributed by atoms with Crippen LogP contribution in [-0.4, -0.2) is 11.0 Å². The SMILES string of the molecule is CCCC1CCC(NCc2cc(F)cc([N+](=O)[O-])c2)CC1. The first-order valence-corrected chi connectivity index (χ1v) is 7.75. The fourth-order valence-electron chi connectivity index (χ4n) is 3.17. The number of non-ortho nitro benzene ring substituents is 1. The normalized spacial score (nSPS) is 22.2. The van der Waals surface area contributed by atoms with Crippen molar-refractivity contribution in [3.63, 3.8) is 0 Å². The molecule has 1 aromatic rings. The van der Waals surface area contributed by atoms with Gasteiger partial charge in [-0.25, -0.2) is 4.39 Å². The Bertz CT molecular complexity index is 485. The highest BCUT2D eigenvalue weighted by atomic mass is 19.1. The van der Waals surface area contributed by atoms with Gasteiger partial charge in [0.15, 0.2) is 0 Å². The molecule has 0 amide bonds. The zero-order chi connectivity index (χ0) is 15.2. The second-order valence-electron chi connectivity index (χ2n) is 5.96. The lowest BCUT2D eigenvalue weighted by Crippen LogP contribution is -2.32. The van der Waals surface area contributed by atoms with Crippen molar-refractivity contribution < 1.29 is 9.31 Å². The van der Waals surface area contributed by atoms with Crippen LogP contribution in [0.1, 0.15) is 51.0 Å². The van der Waals surface area contributed by atoms with E-state index in [2.05, 4.69) is 12.2 Å². The molecule has 0 atom stereocenters. The first kappa shape index (κ1) is 15.9. The number of nitrogens with zero attached hydrogens (tertiary/aromatic N) is 1. The van der Waals surface area contributed by atoms with Gasteiger partial charge in [-0.15, -0.1) is 0 Å². The Balaban J connectivity index is 1.85. The number of nitrogens with one attached hydrogen (secondary N) is 1. The molecule has 1 saturated carbocycles. The van der Waals surface area contributed by atoms with Gasteiger partial charge in [0.05, 0.1) is 11.0 Å². The second kappa shape index (κ2) is 7.50. The minimum Gasteiger partial charge on any atom is -0.310 e. The van der Waals surface area contributed by atoms with Gasteiger partial charge in [-0.3, -0.25) is 10.1 Å². The van der Waals surface area contributed by atoms with Gasteiger partial charge in [0.2, 0.25) is 0 Å². The van der Waals surface area contributed by atoms with E-state index < -0.39 is 10.7 Å². The average molecular weight is 294 g/mol. The van der Waals surface area contributed by atoms with Gasteiger partial charge in [-0.1, -0.05) is 19.8 Å². The molecule has 0 spiro atoms. The Labute approximate surface area is 124 Å². The lowest BCUT2D eigenvalue weighted by molar-refractivity contribution is -0.385. The van der Waals surface area contributed by atoms with Crippen LogP contribution < -0.4 is 5.32 Å². The van der Waals surface area contributed by atoms with E-state index in [1.165, 1.54) is 37.8 Å². The minimum atomic E-state index is -0.553. The summed E-state index contributed by atoms with van der Waals surface area (Å²) in [5.41, 5.74) is 0.454. The van der Waals surface area contributed by atoms with Crippen LogP contribution in [-0.2, 0) is 6.54 Å². The van der Waals surface area contributed by atoms with Crippen molar-refractivity contribution in [1.82, 2.24) is 5.32 Å². The smallest absolute Gasteiger partial charge is 0.272 e. The molecular formula is C16H23FN2O2. The van der Waals surface area contributed by atoms with Crippen molar-refractivity contribution in [2.24, 2.45) is 5.92 Å². The summed E-state index contributed by atoms with van der Waals surface area (Å²) < 4.78 is 13.4. The molecule has 0 aliphatic heterocycles. The van der Waals surface area contributed by atoms with Crippen molar-refractivity contribution in [2.45, 2.75) is 58.0 Å². The Morgan fingerprint density at radius 2 is 2.00 bits per heavy atom. The number of hydrogen-bond acceptors (Lipinski definition) is 3. The maximum Gasteiger partial charge on any atom is 0.272 e. The van der Waals surface area contributed by atoms with Crippen molar-refractivity contribution >= 4 is 5.69 Å². The second-order valence-corrected chi connectivity index (χ2v) is 5.96. The van der Waals surface area contributed by atoms with E-state index in [-0.39, 0.29) is 5.69 Å². The number of nitro benzene ring substituents is 1. The van der Waals surface area contributed by atoms with Gasteiger partial charge in [-0.05, 0) is 43.2 Å². The molecule has 4 nitrogen and oxygen atoms in total. The summed E-state index contributed by atoms with van der Waals surface area (Å²) in [6, 6.07) is 4.21. The Hall–Kier alpha value is -1.49. The van der Waals surface area contributed by atoms with Crippen LogP contribution in [0.3, 0.4) is 0 Å². The quantitative estimate of drug-likeness (QED) is 0.632. The van der Waals surface area contributed by atoms with E-state index in [9.17, 15) is 14.5 Å². The van der Waals surface area contributed by atoms with Crippen LogP contribution in [0.15, 0.2) is 18.2 Å². The molecule has 21 heavy (non-hydrogen) atoms. The molecule has 0 bridgehead atoms. The van der Waals surface area contributed by atoms with Gasteiger partial charge in [0.25, 0.3) is 5.69 Å². The van der Waals surface area contributed by atoms with Gasteiger partial charge in [0.1, 0.15) is 5.82 Å². The number of rotatable bonds is 6. The average Bonchev–Trinajstić information content (AvgIpc) is 2.46. The highest BCUT2D eigenvalue weighted by Crippen LogP contribution is 2.28. The molecule has 1 aromatic carbocycles. The largest absolute Gasteiger partial charge is 0.310 e. The zero-order valence-electron chi connectivity index (χ0n) is 12.5. The number of benzene rings is 1. The van der Waals surface area contributed by atoms with Crippen molar-refractivity contribution in [3.8, 4) is 0 Å². The predicted molar refractivity (Wildman–Crippen MR) is 80.5 cm³/mol. The standard InChI is InChI=1S/C16H23FN2O2/c1-2-3-12-4-6-15(7-5-12)18-11-13-8-14(17)10-16(9-13)19(20)21/h8-10,12,15,18H,2-7,11H2,1H3. The van der Waals surface area contributed by atoms with Crippen LogP contribution in [0.4, 0.5) is 10.1 Å².